The largest absolute Gasteiger partial charge is 0.391 e. The third-order valence-electron chi connectivity index (χ3n) is 7.22. The van der Waals surface area contributed by atoms with Crippen LogP contribution >= 0.6 is 0 Å². The molecular weight excluding hydrogens is 469 g/mol. The van der Waals surface area contributed by atoms with E-state index in [1.807, 2.05) is 6.92 Å². The highest BCUT2D eigenvalue weighted by Crippen LogP contribution is 2.41. The average molecular weight is 501 g/mol. The minimum absolute atomic E-state index is 0.122. The van der Waals surface area contributed by atoms with Crippen LogP contribution in [0.25, 0.3) is 10.9 Å². The van der Waals surface area contributed by atoms with Crippen molar-refractivity contribution in [2.24, 2.45) is 0 Å². The molecule has 1 unspecified atom stereocenters. The first-order valence-corrected chi connectivity index (χ1v) is 12.4. The van der Waals surface area contributed by atoms with E-state index in [1.54, 1.807) is 6.92 Å². The summed E-state index contributed by atoms with van der Waals surface area (Å²) in [4.78, 5) is 11.6. The highest BCUT2D eigenvalue weighted by atomic mass is 19.3. The lowest BCUT2D eigenvalue weighted by Gasteiger charge is -2.24. The zero-order chi connectivity index (χ0) is 25.6. The van der Waals surface area contributed by atoms with Crippen LogP contribution in [0, 0.1) is 12.7 Å². The van der Waals surface area contributed by atoms with E-state index in [2.05, 4.69) is 26.0 Å². The highest BCUT2D eigenvalue weighted by molar-refractivity contribution is 5.96. The van der Waals surface area contributed by atoms with Crippen LogP contribution in [0.3, 0.4) is 0 Å². The molecule has 0 radical (unpaired) electrons. The summed E-state index contributed by atoms with van der Waals surface area (Å²) < 4.78 is 48.8. The van der Waals surface area contributed by atoms with Gasteiger partial charge in [0.2, 0.25) is 0 Å². The fourth-order valence-electron chi connectivity index (χ4n) is 5.52. The van der Waals surface area contributed by atoms with Crippen LogP contribution in [0.4, 0.5) is 24.7 Å². The second-order valence-corrected chi connectivity index (χ2v) is 9.82. The van der Waals surface area contributed by atoms with E-state index in [-0.39, 0.29) is 11.7 Å². The first-order chi connectivity index (χ1) is 17.2. The van der Waals surface area contributed by atoms with Gasteiger partial charge in [-0.25, -0.2) is 14.4 Å². The number of halogens is 3. The summed E-state index contributed by atoms with van der Waals surface area (Å²) in [7, 11) is 1.16. The standard InChI is InChI=1S/C27H31F3N4O2/c1-15(18-6-5-9-22(24(18)28)27(29,30)14-36-3)31-26-21-12-23(34-11-10-17(35)13-34)19-7-4-8-20(19)25(21)32-16(2)33-26/h5-6,9,12,15,17,35H,4,7-8,10-11,13-14H2,1-3H3,(H,31,32,33)/t15?,17-/m0/s1. The van der Waals surface area contributed by atoms with Crippen LogP contribution in [0.1, 0.15) is 53.9 Å². The van der Waals surface area contributed by atoms with Crippen molar-refractivity contribution < 1.29 is 23.0 Å². The molecule has 5 rings (SSSR count). The first-order valence-electron chi connectivity index (χ1n) is 12.4. The van der Waals surface area contributed by atoms with Crippen molar-refractivity contribution in [3.05, 3.63) is 58.2 Å². The summed E-state index contributed by atoms with van der Waals surface area (Å²) in [6.07, 6.45) is 3.28. The Balaban J connectivity index is 1.56. The molecule has 2 aromatic carbocycles. The molecular formula is C27H31F3N4O2. The van der Waals surface area contributed by atoms with Gasteiger partial charge in [0, 0.05) is 36.8 Å². The predicted molar refractivity (Wildman–Crippen MR) is 133 cm³/mol. The highest BCUT2D eigenvalue weighted by Gasteiger charge is 2.36. The molecule has 3 aromatic rings. The molecule has 2 atom stereocenters. The Hall–Kier alpha value is -2.91. The number of benzene rings is 2. The molecule has 1 aliphatic heterocycles. The Bertz CT molecular complexity index is 1300. The monoisotopic (exact) mass is 500 g/mol. The number of aliphatic hydroxyl groups excluding tert-OH is 1. The molecule has 0 bridgehead atoms. The number of hydrogen-bond donors (Lipinski definition) is 2. The quantitative estimate of drug-likeness (QED) is 0.473. The van der Waals surface area contributed by atoms with Crippen molar-refractivity contribution in [1.82, 2.24) is 9.97 Å². The number of aromatic nitrogens is 2. The lowest BCUT2D eigenvalue weighted by Crippen LogP contribution is -2.23. The number of nitrogens with zero attached hydrogens (tertiary/aromatic N) is 3. The topological polar surface area (TPSA) is 70.5 Å². The zero-order valence-electron chi connectivity index (χ0n) is 20.7. The van der Waals surface area contributed by atoms with Gasteiger partial charge >= 0.3 is 0 Å². The number of aryl methyl sites for hydroxylation is 2. The predicted octanol–water partition coefficient (Wildman–Crippen LogP) is 5.05. The molecule has 2 heterocycles. The van der Waals surface area contributed by atoms with Crippen LogP contribution in [0.5, 0.6) is 0 Å². The number of methoxy groups -OCH3 is 1. The van der Waals surface area contributed by atoms with Crippen molar-refractivity contribution in [2.75, 3.05) is 37.0 Å². The van der Waals surface area contributed by atoms with Gasteiger partial charge in [0.05, 0.1) is 23.2 Å². The van der Waals surface area contributed by atoms with E-state index in [0.717, 1.165) is 62.0 Å². The third-order valence-corrected chi connectivity index (χ3v) is 7.22. The van der Waals surface area contributed by atoms with Crippen LogP contribution in [0.15, 0.2) is 24.3 Å². The number of alkyl halides is 2. The molecule has 0 amide bonds. The van der Waals surface area contributed by atoms with Crippen LogP contribution in [0.2, 0.25) is 0 Å². The molecule has 2 aliphatic rings. The lowest BCUT2D eigenvalue weighted by atomic mass is 9.99. The molecule has 1 saturated heterocycles. The summed E-state index contributed by atoms with van der Waals surface area (Å²) in [5.74, 6) is -3.28. The number of rotatable bonds is 7. The number of ether oxygens (including phenoxy) is 1. The Labute approximate surface area is 208 Å². The number of anilines is 2. The summed E-state index contributed by atoms with van der Waals surface area (Å²) in [6.45, 7) is 4.00. The van der Waals surface area contributed by atoms with Crippen molar-refractivity contribution in [2.45, 2.75) is 57.6 Å². The maximum atomic E-state index is 15.3. The van der Waals surface area contributed by atoms with Crippen molar-refractivity contribution in [1.29, 1.82) is 0 Å². The van der Waals surface area contributed by atoms with Gasteiger partial charge < -0.3 is 20.1 Å². The number of aliphatic hydroxyl groups is 1. The van der Waals surface area contributed by atoms with E-state index in [4.69, 9.17) is 4.98 Å². The number of hydrogen-bond acceptors (Lipinski definition) is 6. The molecule has 0 spiro atoms. The van der Waals surface area contributed by atoms with Gasteiger partial charge in [-0.05, 0) is 62.8 Å². The maximum Gasteiger partial charge on any atom is 0.298 e. The molecule has 1 aromatic heterocycles. The summed E-state index contributed by atoms with van der Waals surface area (Å²) in [5, 5.41) is 14.2. The van der Waals surface area contributed by atoms with Gasteiger partial charge in [-0.15, -0.1) is 0 Å². The first kappa shape index (κ1) is 24.8. The second-order valence-electron chi connectivity index (χ2n) is 9.82. The number of β-amino-alcohol motifs (C(OH)–C–C–N with tert-alkyl or cyclic N) is 1. The van der Waals surface area contributed by atoms with Crippen LogP contribution in [-0.4, -0.2) is 48.0 Å². The van der Waals surface area contributed by atoms with Gasteiger partial charge in [-0.3, -0.25) is 0 Å². The molecule has 1 aliphatic carbocycles. The number of fused-ring (bicyclic) bond motifs is 3. The Kier molecular flexibility index (Phi) is 6.55. The summed E-state index contributed by atoms with van der Waals surface area (Å²) >= 11 is 0. The van der Waals surface area contributed by atoms with Gasteiger partial charge in [-0.2, -0.15) is 8.78 Å². The molecule has 0 saturated carbocycles. The van der Waals surface area contributed by atoms with Gasteiger partial charge in [0.1, 0.15) is 24.1 Å². The fourth-order valence-corrected chi connectivity index (χ4v) is 5.52. The van der Waals surface area contributed by atoms with Crippen molar-refractivity contribution >= 4 is 22.4 Å². The third kappa shape index (κ3) is 4.39. The summed E-state index contributed by atoms with van der Waals surface area (Å²) in [5.41, 5.74) is 3.85. The van der Waals surface area contributed by atoms with Crippen LogP contribution in [-0.2, 0) is 23.5 Å². The minimum atomic E-state index is -3.44. The molecule has 9 heteroatoms. The lowest BCUT2D eigenvalue weighted by molar-refractivity contribution is -0.0722. The number of nitrogens with one attached hydrogen (secondary N) is 1. The van der Waals surface area contributed by atoms with E-state index in [1.165, 1.54) is 23.3 Å². The Morgan fingerprint density at radius 1 is 1.25 bits per heavy atom. The Morgan fingerprint density at radius 2 is 2.03 bits per heavy atom. The second kappa shape index (κ2) is 9.52. The van der Waals surface area contributed by atoms with Gasteiger partial charge in [0.15, 0.2) is 0 Å². The van der Waals surface area contributed by atoms with Gasteiger partial charge in [-0.1, -0.05) is 12.1 Å². The molecule has 36 heavy (non-hydrogen) atoms. The average Bonchev–Trinajstić information content (AvgIpc) is 3.48. The zero-order valence-corrected chi connectivity index (χ0v) is 20.7. The van der Waals surface area contributed by atoms with E-state index in [9.17, 15) is 13.9 Å². The van der Waals surface area contributed by atoms with E-state index < -0.39 is 30.0 Å². The molecule has 192 valence electrons. The normalized spacial score (nSPS) is 18.6. The van der Waals surface area contributed by atoms with Crippen LogP contribution < -0.4 is 10.2 Å². The Morgan fingerprint density at radius 3 is 2.75 bits per heavy atom. The van der Waals surface area contributed by atoms with Crippen molar-refractivity contribution in [3.63, 3.8) is 0 Å². The van der Waals surface area contributed by atoms with Gasteiger partial charge in [0.25, 0.3) is 5.92 Å². The van der Waals surface area contributed by atoms with Crippen molar-refractivity contribution in [3.8, 4) is 0 Å². The fraction of sp³-hybridized carbons (Fsp3) is 0.481. The molecule has 6 nitrogen and oxygen atoms in total. The molecule has 2 N–H and O–H groups in total. The minimum Gasteiger partial charge on any atom is -0.391 e. The summed E-state index contributed by atoms with van der Waals surface area (Å²) in [6, 6.07) is 5.46. The SMILES string of the molecule is COCC(F)(F)c1cccc(C(C)Nc2nc(C)nc3c4c(c(N5CC[C@H](O)C5)cc23)CCC4)c1F. The smallest absolute Gasteiger partial charge is 0.298 e. The van der Waals surface area contributed by atoms with E-state index in [0.29, 0.717) is 18.2 Å². The molecule has 1 fully saturated rings. The maximum absolute atomic E-state index is 15.3. The van der Waals surface area contributed by atoms with E-state index >= 15 is 4.39 Å².